The maximum atomic E-state index is 5.37. The molecule has 1 fully saturated rings. The molecular formula is C13H25N5O. The van der Waals surface area contributed by atoms with Crippen LogP contribution in [0.15, 0.2) is 4.52 Å². The van der Waals surface area contributed by atoms with Gasteiger partial charge in [0.15, 0.2) is 5.82 Å². The first-order valence-corrected chi connectivity index (χ1v) is 7.04. The van der Waals surface area contributed by atoms with E-state index < -0.39 is 0 Å². The minimum Gasteiger partial charge on any atom is -0.339 e. The zero-order valence-electron chi connectivity index (χ0n) is 12.4. The molecule has 0 spiro atoms. The highest BCUT2D eigenvalue weighted by Gasteiger charge is 2.27. The van der Waals surface area contributed by atoms with Crippen LogP contribution in [0.5, 0.6) is 0 Å². The van der Waals surface area contributed by atoms with Crippen LogP contribution < -0.4 is 5.32 Å². The molecule has 0 aromatic carbocycles. The quantitative estimate of drug-likeness (QED) is 0.840. The van der Waals surface area contributed by atoms with Crippen molar-refractivity contribution in [1.29, 1.82) is 0 Å². The largest absolute Gasteiger partial charge is 0.339 e. The SMILES string of the molecule is CCNC(C)Cc1nc(C2CN(C)CCN2C)no1. The van der Waals surface area contributed by atoms with E-state index in [0.717, 1.165) is 44.3 Å². The summed E-state index contributed by atoms with van der Waals surface area (Å²) in [6.07, 6.45) is 0.785. The van der Waals surface area contributed by atoms with Crippen molar-refractivity contribution < 1.29 is 4.52 Å². The van der Waals surface area contributed by atoms with Gasteiger partial charge in [0.05, 0.1) is 6.04 Å². The van der Waals surface area contributed by atoms with E-state index in [1.165, 1.54) is 0 Å². The third-order valence-corrected chi connectivity index (χ3v) is 3.67. The van der Waals surface area contributed by atoms with Gasteiger partial charge in [0, 0.05) is 32.1 Å². The second-order valence-electron chi connectivity index (χ2n) is 5.47. The minimum absolute atomic E-state index is 0.241. The molecule has 0 amide bonds. The molecule has 0 saturated carbocycles. The number of nitrogens with zero attached hydrogens (tertiary/aromatic N) is 4. The highest BCUT2D eigenvalue weighted by molar-refractivity contribution is 4.98. The van der Waals surface area contributed by atoms with Crippen molar-refractivity contribution in [3.63, 3.8) is 0 Å². The molecule has 108 valence electrons. The molecule has 2 heterocycles. The molecule has 1 N–H and O–H groups in total. The molecule has 1 aliphatic heterocycles. The molecule has 0 radical (unpaired) electrons. The van der Waals surface area contributed by atoms with E-state index in [9.17, 15) is 0 Å². The lowest BCUT2D eigenvalue weighted by Gasteiger charge is -2.35. The number of hydrogen-bond donors (Lipinski definition) is 1. The summed E-state index contributed by atoms with van der Waals surface area (Å²) in [7, 11) is 4.25. The van der Waals surface area contributed by atoms with Gasteiger partial charge in [-0.15, -0.1) is 0 Å². The highest BCUT2D eigenvalue weighted by atomic mass is 16.5. The van der Waals surface area contributed by atoms with Crippen LogP contribution in [-0.4, -0.2) is 66.3 Å². The van der Waals surface area contributed by atoms with Gasteiger partial charge in [0.2, 0.25) is 5.89 Å². The summed E-state index contributed by atoms with van der Waals surface area (Å²) in [6.45, 7) is 8.28. The topological polar surface area (TPSA) is 57.4 Å². The first kappa shape index (κ1) is 14.4. The number of aromatic nitrogens is 2. The summed E-state index contributed by atoms with van der Waals surface area (Å²) >= 11 is 0. The molecule has 1 aliphatic rings. The molecule has 6 heteroatoms. The van der Waals surface area contributed by atoms with Gasteiger partial charge in [-0.3, -0.25) is 4.90 Å². The second-order valence-corrected chi connectivity index (χ2v) is 5.47. The fourth-order valence-corrected chi connectivity index (χ4v) is 2.46. The average molecular weight is 267 g/mol. The number of likely N-dealkylation sites (N-methyl/N-ethyl adjacent to an activating group) is 3. The Balaban J connectivity index is 1.99. The van der Waals surface area contributed by atoms with Gasteiger partial charge < -0.3 is 14.7 Å². The summed E-state index contributed by atoms with van der Waals surface area (Å²) in [5.74, 6) is 1.54. The Morgan fingerprint density at radius 1 is 1.42 bits per heavy atom. The first-order valence-electron chi connectivity index (χ1n) is 7.04. The van der Waals surface area contributed by atoms with Crippen molar-refractivity contribution in [2.75, 3.05) is 40.3 Å². The van der Waals surface area contributed by atoms with E-state index in [-0.39, 0.29) is 6.04 Å². The Morgan fingerprint density at radius 3 is 2.95 bits per heavy atom. The van der Waals surface area contributed by atoms with E-state index in [1.807, 2.05) is 0 Å². The van der Waals surface area contributed by atoms with E-state index in [1.54, 1.807) is 0 Å². The van der Waals surface area contributed by atoms with Crippen LogP contribution in [0.2, 0.25) is 0 Å². The van der Waals surface area contributed by atoms with Crippen molar-refractivity contribution in [1.82, 2.24) is 25.3 Å². The highest BCUT2D eigenvalue weighted by Crippen LogP contribution is 2.20. The van der Waals surface area contributed by atoms with E-state index in [2.05, 4.69) is 53.2 Å². The normalized spacial score (nSPS) is 23.7. The number of nitrogens with one attached hydrogen (secondary N) is 1. The average Bonchev–Trinajstić information content (AvgIpc) is 2.81. The summed E-state index contributed by atoms with van der Waals surface area (Å²) in [6, 6.07) is 0.607. The van der Waals surface area contributed by atoms with E-state index in [4.69, 9.17) is 4.52 Å². The minimum atomic E-state index is 0.241. The Hall–Kier alpha value is -0.980. The Morgan fingerprint density at radius 2 is 2.21 bits per heavy atom. The predicted octanol–water partition coefficient (Wildman–Crippen LogP) is 0.528. The Bertz CT molecular complexity index is 394. The lowest BCUT2D eigenvalue weighted by molar-refractivity contribution is 0.108. The smallest absolute Gasteiger partial charge is 0.228 e. The molecule has 2 rings (SSSR count). The maximum Gasteiger partial charge on any atom is 0.228 e. The van der Waals surface area contributed by atoms with Crippen LogP contribution in [-0.2, 0) is 6.42 Å². The maximum absolute atomic E-state index is 5.37. The molecule has 2 unspecified atom stereocenters. The molecule has 0 aliphatic carbocycles. The molecule has 2 atom stereocenters. The Kier molecular flexibility index (Phi) is 4.90. The number of piperazine rings is 1. The van der Waals surface area contributed by atoms with Gasteiger partial charge in [-0.25, -0.2) is 0 Å². The van der Waals surface area contributed by atoms with Gasteiger partial charge in [-0.05, 0) is 27.6 Å². The van der Waals surface area contributed by atoms with Gasteiger partial charge in [0.25, 0.3) is 0 Å². The van der Waals surface area contributed by atoms with E-state index >= 15 is 0 Å². The lowest BCUT2D eigenvalue weighted by Crippen LogP contribution is -2.45. The zero-order valence-corrected chi connectivity index (χ0v) is 12.4. The predicted molar refractivity (Wildman–Crippen MR) is 74.0 cm³/mol. The summed E-state index contributed by atoms with van der Waals surface area (Å²) in [4.78, 5) is 9.16. The van der Waals surface area contributed by atoms with E-state index in [0.29, 0.717) is 6.04 Å². The molecule has 1 saturated heterocycles. The van der Waals surface area contributed by atoms with Crippen molar-refractivity contribution in [2.45, 2.75) is 32.4 Å². The van der Waals surface area contributed by atoms with Gasteiger partial charge in [-0.1, -0.05) is 12.1 Å². The fraction of sp³-hybridized carbons (Fsp3) is 0.846. The summed E-state index contributed by atoms with van der Waals surface area (Å²) in [5, 5.41) is 7.51. The molecule has 19 heavy (non-hydrogen) atoms. The van der Waals surface area contributed by atoms with Crippen molar-refractivity contribution in [2.24, 2.45) is 0 Å². The number of hydrogen-bond acceptors (Lipinski definition) is 6. The van der Waals surface area contributed by atoms with Gasteiger partial charge in [0.1, 0.15) is 0 Å². The van der Waals surface area contributed by atoms with Crippen LogP contribution in [0.25, 0.3) is 0 Å². The van der Waals surface area contributed by atoms with Crippen LogP contribution in [0.4, 0.5) is 0 Å². The standard InChI is InChI=1S/C13H25N5O/c1-5-14-10(2)8-12-15-13(16-19-12)11-9-17(3)6-7-18(11)4/h10-11,14H,5-9H2,1-4H3. The van der Waals surface area contributed by atoms with Crippen molar-refractivity contribution in [3.8, 4) is 0 Å². The molecule has 1 aromatic heterocycles. The first-order chi connectivity index (χ1) is 9.10. The van der Waals surface area contributed by atoms with Crippen molar-refractivity contribution >= 4 is 0 Å². The Labute approximate surface area is 115 Å². The zero-order chi connectivity index (χ0) is 13.8. The van der Waals surface area contributed by atoms with Crippen LogP contribution >= 0.6 is 0 Å². The molecular weight excluding hydrogens is 242 g/mol. The summed E-state index contributed by atoms with van der Waals surface area (Å²) in [5.41, 5.74) is 0. The monoisotopic (exact) mass is 267 g/mol. The fourth-order valence-electron chi connectivity index (χ4n) is 2.46. The lowest BCUT2D eigenvalue weighted by atomic mass is 10.2. The van der Waals surface area contributed by atoms with Gasteiger partial charge >= 0.3 is 0 Å². The molecule has 6 nitrogen and oxygen atoms in total. The van der Waals surface area contributed by atoms with Gasteiger partial charge in [-0.2, -0.15) is 4.98 Å². The van der Waals surface area contributed by atoms with Crippen LogP contribution in [0, 0.1) is 0 Å². The third kappa shape index (κ3) is 3.75. The number of rotatable bonds is 5. The van der Waals surface area contributed by atoms with Crippen LogP contribution in [0.3, 0.4) is 0 Å². The van der Waals surface area contributed by atoms with Crippen LogP contribution in [0.1, 0.15) is 31.6 Å². The summed E-state index contributed by atoms with van der Waals surface area (Å²) < 4.78 is 5.37. The molecule has 1 aromatic rings. The third-order valence-electron chi connectivity index (χ3n) is 3.67. The second kappa shape index (κ2) is 6.45. The van der Waals surface area contributed by atoms with Crippen molar-refractivity contribution in [3.05, 3.63) is 11.7 Å². The molecule has 0 bridgehead atoms.